The molecule has 0 spiro atoms. The number of nitro groups is 1. The van der Waals surface area contributed by atoms with Crippen molar-refractivity contribution in [1.29, 1.82) is 0 Å². The molecule has 1 aromatic rings. The number of carboxylic acid groups (broad SMARTS) is 1. The van der Waals surface area contributed by atoms with Gasteiger partial charge in [-0.25, -0.2) is 0 Å². The van der Waals surface area contributed by atoms with E-state index in [2.05, 4.69) is 0 Å². The minimum Gasteiger partial charge on any atom is -0.491 e. The van der Waals surface area contributed by atoms with E-state index in [1.165, 1.54) is 12.1 Å². The first-order valence-electron chi connectivity index (χ1n) is 6.19. The molecule has 0 radical (unpaired) electrons. The number of hydrogen-bond donors (Lipinski definition) is 1. The summed E-state index contributed by atoms with van der Waals surface area (Å²) in [5, 5.41) is 19.3. The van der Waals surface area contributed by atoms with E-state index < -0.39 is 16.1 Å². The van der Waals surface area contributed by atoms with Gasteiger partial charge in [-0.1, -0.05) is 6.92 Å². The summed E-state index contributed by atoms with van der Waals surface area (Å²) in [5.41, 5.74) is -0.106. The van der Waals surface area contributed by atoms with Crippen LogP contribution in [0.2, 0.25) is 0 Å². The molecule has 20 heavy (non-hydrogen) atoms. The summed E-state index contributed by atoms with van der Waals surface area (Å²) < 4.78 is 5.46. The quantitative estimate of drug-likeness (QED) is 0.472. The molecule has 0 amide bonds. The average molecular weight is 299 g/mol. The third kappa shape index (κ3) is 4.73. The lowest BCUT2D eigenvalue weighted by Gasteiger charge is -2.13. The zero-order valence-corrected chi connectivity index (χ0v) is 12.3. The van der Waals surface area contributed by atoms with Gasteiger partial charge in [0.05, 0.1) is 17.1 Å². The Morgan fingerprint density at radius 2 is 2.10 bits per heavy atom. The van der Waals surface area contributed by atoms with Crippen LogP contribution < -0.4 is 4.74 Å². The van der Waals surface area contributed by atoms with E-state index in [0.717, 1.165) is 11.8 Å². The summed E-state index contributed by atoms with van der Waals surface area (Å²) in [7, 11) is 0. The zero-order valence-electron chi connectivity index (χ0n) is 11.5. The summed E-state index contributed by atoms with van der Waals surface area (Å²) in [5.74, 6) is -0.563. The minimum absolute atomic E-state index is 0.106. The number of thioether (sulfide) groups is 1. The standard InChI is InChI=1S/C13H17NO5S/c1-4-12(13(15)16)20-11-6-9(14(17)18)5-10(7-11)19-8(2)3/h5-8,12H,4H2,1-3H3,(H,15,16). The van der Waals surface area contributed by atoms with E-state index in [1.807, 2.05) is 13.8 Å². The summed E-state index contributed by atoms with van der Waals surface area (Å²) in [6.07, 6.45) is 0.319. The van der Waals surface area contributed by atoms with Gasteiger partial charge in [0.2, 0.25) is 0 Å². The predicted octanol–water partition coefficient (Wildman–Crippen LogP) is 3.34. The molecule has 7 heteroatoms. The molecule has 1 atom stereocenters. The third-order valence-electron chi connectivity index (χ3n) is 2.37. The van der Waals surface area contributed by atoms with Crippen molar-refractivity contribution >= 4 is 23.4 Å². The number of ether oxygens (including phenoxy) is 1. The number of carboxylic acids is 1. The highest BCUT2D eigenvalue weighted by molar-refractivity contribution is 8.00. The lowest BCUT2D eigenvalue weighted by atomic mass is 10.3. The van der Waals surface area contributed by atoms with Crippen molar-refractivity contribution in [1.82, 2.24) is 0 Å². The second-order valence-corrected chi connectivity index (χ2v) is 5.72. The normalized spacial score (nSPS) is 12.2. The molecule has 1 rings (SSSR count). The van der Waals surface area contributed by atoms with Crippen LogP contribution in [0.4, 0.5) is 5.69 Å². The molecule has 0 aliphatic rings. The molecular weight excluding hydrogens is 282 g/mol. The van der Waals surface area contributed by atoms with Crippen LogP contribution >= 0.6 is 11.8 Å². The average Bonchev–Trinajstić information content (AvgIpc) is 2.34. The molecule has 1 unspecified atom stereocenters. The van der Waals surface area contributed by atoms with Crippen LogP contribution in [0.25, 0.3) is 0 Å². The van der Waals surface area contributed by atoms with Gasteiger partial charge < -0.3 is 9.84 Å². The molecular formula is C13H17NO5S. The molecule has 0 aliphatic heterocycles. The van der Waals surface area contributed by atoms with Crippen LogP contribution in [-0.2, 0) is 4.79 Å². The Morgan fingerprint density at radius 3 is 2.55 bits per heavy atom. The van der Waals surface area contributed by atoms with Gasteiger partial charge >= 0.3 is 5.97 Å². The summed E-state index contributed by atoms with van der Waals surface area (Å²) >= 11 is 1.09. The van der Waals surface area contributed by atoms with Crippen LogP contribution in [0.15, 0.2) is 23.1 Å². The van der Waals surface area contributed by atoms with Crippen molar-refractivity contribution in [2.45, 2.75) is 43.4 Å². The van der Waals surface area contributed by atoms with E-state index >= 15 is 0 Å². The number of aliphatic carboxylic acids is 1. The second kappa shape index (κ2) is 7.14. The summed E-state index contributed by atoms with van der Waals surface area (Å²) in [6.45, 7) is 5.39. The number of nitrogens with zero attached hydrogens (tertiary/aromatic N) is 1. The molecule has 0 heterocycles. The van der Waals surface area contributed by atoms with Crippen LogP contribution in [0, 0.1) is 10.1 Å². The highest BCUT2D eigenvalue weighted by Crippen LogP contribution is 2.33. The van der Waals surface area contributed by atoms with Gasteiger partial charge in [-0.15, -0.1) is 11.8 Å². The van der Waals surface area contributed by atoms with Gasteiger partial charge in [0, 0.05) is 11.0 Å². The molecule has 6 nitrogen and oxygen atoms in total. The smallest absolute Gasteiger partial charge is 0.316 e. The summed E-state index contributed by atoms with van der Waals surface area (Å²) in [6, 6.07) is 4.33. The minimum atomic E-state index is -0.935. The highest BCUT2D eigenvalue weighted by atomic mass is 32.2. The van der Waals surface area contributed by atoms with Crippen molar-refractivity contribution in [3.8, 4) is 5.75 Å². The topological polar surface area (TPSA) is 89.7 Å². The molecule has 0 bridgehead atoms. The van der Waals surface area contributed by atoms with Crippen LogP contribution in [0.3, 0.4) is 0 Å². The zero-order chi connectivity index (χ0) is 15.3. The molecule has 110 valence electrons. The lowest BCUT2D eigenvalue weighted by molar-refractivity contribution is -0.385. The van der Waals surface area contributed by atoms with Gasteiger partial charge in [0.15, 0.2) is 0 Å². The molecule has 1 aromatic carbocycles. The van der Waals surface area contributed by atoms with Crippen LogP contribution in [0.5, 0.6) is 5.75 Å². The van der Waals surface area contributed by atoms with Gasteiger partial charge in [0.25, 0.3) is 5.69 Å². The third-order valence-corrected chi connectivity index (χ3v) is 3.70. The maximum atomic E-state index is 11.0. The number of non-ortho nitro benzene ring substituents is 1. The number of rotatable bonds is 7. The van der Waals surface area contributed by atoms with Crippen molar-refractivity contribution in [2.75, 3.05) is 0 Å². The van der Waals surface area contributed by atoms with E-state index in [4.69, 9.17) is 9.84 Å². The Hall–Kier alpha value is -1.76. The van der Waals surface area contributed by atoms with Crippen LogP contribution in [0.1, 0.15) is 27.2 Å². The molecule has 0 fully saturated rings. The van der Waals surface area contributed by atoms with Crippen molar-refractivity contribution < 1.29 is 19.6 Å². The summed E-state index contributed by atoms with van der Waals surface area (Å²) in [4.78, 5) is 21.9. The van der Waals surface area contributed by atoms with Crippen molar-refractivity contribution in [2.24, 2.45) is 0 Å². The number of nitro benzene ring substituents is 1. The fourth-order valence-corrected chi connectivity index (χ4v) is 2.51. The fourth-order valence-electron chi connectivity index (χ4n) is 1.54. The van der Waals surface area contributed by atoms with Gasteiger partial charge in [-0.05, 0) is 26.3 Å². The van der Waals surface area contributed by atoms with E-state index in [9.17, 15) is 14.9 Å². The largest absolute Gasteiger partial charge is 0.491 e. The first-order chi connectivity index (χ1) is 9.33. The van der Waals surface area contributed by atoms with Gasteiger partial charge in [0.1, 0.15) is 11.0 Å². The molecule has 0 aliphatic carbocycles. The number of hydrogen-bond acceptors (Lipinski definition) is 5. The maximum absolute atomic E-state index is 11.0. The van der Waals surface area contributed by atoms with Crippen LogP contribution in [-0.4, -0.2) is 27.4 Å². The fraction of sp³-hybridized carbons (Fsp3) is 0.462. The Morgan fingerprint density at radius 1 is 1.45 bits per heavy atom. The van der Waals surface area contributed by atoms with E-state index in [-0.39, 0.29) is 11.8 Å². The molecule has 0 saturated heterocycles. The van der Waals surface area contributed by atoms with Crippen molar-refractivity contribution in [3.05, 3.63) is 28.3 Å². The number of benzene rings is 1. The first kappa shape index (κ1) is 16.3. The Kier molecular flexibility index (Phi) is 5.82. The molecule has 0 aromatic heterocycles. The second-order valence-electron chi connectivity index (χ2n) is 4.44. The predicted molar refractivity (Wildman–Crippen MR) is 76.4 cm³/mol. The van der Waals surface area contributed by atoms with Crippen molar-refractivity contribution in [3.63, 3.8) is 0 Å². The maximum Gasteiger partial charge on any atom is 0.316 e. The molecule has 0 saturated carbocycles. The highest BCUT2D eigenvalue weighted by Gasteiger charge is 2.19. The van der Waals surface area contributed by atoms with E-state index in [1.54, 1.807) is 13.0 Å². The molecule has 1 N–H and O–H groups in total. The first-order valence-corrected chi connectivity index (χ1v) is 7.07. The Labute approximate surface area is 121 Å². The van der Waals surface area contributed by atoms with E-state index in [0.29, 0.717) is 17.1 Å². The Balaban J connectivity index is 3.08. The van der Waals surface area contributed by atoms with Gasteiger partial charge in [-0.3, -0.25) is 14.9 Å². The Bertz CT molecular complexity index is 504. The number of carbonyl (C=O) groups is 1. The SMILES string of the molecule is CCC(Sc1cc(OC(C)C)cc([N+](=O)[O-])c1)C(=O)O. The van der Waals surface area contributed by atoms with Gasteiger partial charge in [-0.2, -0.15) is 0 Å². The lowest BCUT2D eigenvalue weighted by Crippen LogP contribution is -2.14. The monoisotopic (exact) mass is 299 g/mol.